The Labute approximate surface area is 101 Å². The Balaban J connectivity index is 2.14. The van der Waals surface area contributed by atoms with Gasteiger partial charge in [0.2, 0.25) is 0 Å². The minimum absolute atomic E-state index is 0.0702. The largest absolute Gasteiger partial charge is 0.394 e. The van der Waals surface area contributed by atoms with Crippen molar-refractivity contribution in [3.05, 3.63) is 34.9 Å². The summed E-state index contributed by atoms with van der Waals surface area (Å²) in [5.74, 6) is 0. The number of benzene rings is 1. The van der Waals surface area contributed by atoms with Gasteiger partial charge >= 0.3 is 0 Å². The lowest BCUT2D eigenvalue weighted by Gasteiger charge is -2.34. The fourth-order valence-electron chi connectivity index (χ4n) is 2.14. The summed E-state index contributed by atoms with van der Waals surface area (Å²) in [5.41, 5.74) is 1.09. The number of hydrogen-bond donors (Lipinski definition) is 2. The molecular weight excluding hydrogens is 224 g/mol. The third kappa shape index (κ3) is 2.74. The smallest absolute Gasteiger partial charge is 0.0628 e. The van der Waals surface area contributed by atoms with E-state index in [2.05, 4.69) is 10.2 Å². The van der Waals surface area contributed by atoms with E-state index in [9.17, 15) is 5.11 Å². The molecule has 88 valence electrons. The molecule has 1 aliphatic rings. The van der Waals surface area contributed by atoms with Gasteiger partial charge in [-0.05, 0) is 17.7 Å². The van der Waals surface area contributed by atoms with E-state index in [0.29, 0.717) is 0 Å². The summed E-state index contributed by atoms with van der Waals surface area (Å²) in [6.45, 7) is 4.05. The number of nitrogens with zero attached hydrogens (tertiary/aromatic N) is 1. The van der Waals surface area contributed by atoms with Crippen molar-refractivity contribution in [2.24, 2.45) is 0 Å². The van der Waals surface area contributed by atoms with Crippen molar-refractivity contribution < 1.29 is 5.11 Å². The Morgan fingerprint density at radius 1 is 1.38 bits per heavy atom. The molecule has 1 unspecified atom stereocenters. The van der Waals surface area contributed by atoms with Crippen molar-refractivity contribution in [3.8, 4) is 0 Å². The zero-order valence-electron chi connectivity index (χ0n) is 9.19. The van der Waals surface area contributed by atoms with Gasteiger partial charge in [0, 0.05) is 31.2 Å². The molecular formula is C12H17ClN2O. The number of hydrogen-bond acceptors (Lipinski definition) is 3. The lowest BCUT2D eigenvalue weighted by Crippen LogP contribution is -2.46. The van der Waals surface area contributed by atoms with Crippen LogP contribution in [0.4, 0.5) is 0 Å². The van der Waals surface area contributed by atoms with Crippen LogP contribution >= 0.6 is 11.6 Å². The third-order valence-electron chi connectivity index (χ3n) is 3.00. The molecule has 1 atom stereocenters. The first kappa shape index (κ1) is 11.9. The van der Waals surface area contributed by atoms with Crippen molar-refractivity contribution in [1.29, 1.82) is 0 Å². The summed E-state index contributed by atoms with van der Waals surface area (Å²) in [6.07, 6.45) is 0. The quantitative estimate of drug-likeness (QED) is 0.836. The maximum absolute atomic E-state index is 9.52. The van der Waals surface area contributed by atoms with Gasteiger partial charge in [-0.25, -0.2) is 0 Å². The van der Waals surface area contributed by atoms with Gasteiger partial charge in [-0.15, -0.1) is 0 Å². The minimum Gasteiger partial charge on any atom is -0.394 e. The fraction of sp³-hybridized carbons (Fsp3) is 0.500. The molecule has 3 nitrogen and oxygen atoms in total. The molecule has 2 rings (SSSR count). The normalized spacial score (nSPS) is 19.6. The van der Waals surface area contributed by atoms with Crippen LogP contribution in [-0.4, -0.2) is 42.8 Å². The molecule has 4 heteroatoms. The zero-order chi connectivity index (χ0) is 11.4. The summed E-state index contributed by atoms with van der Waals surface area (Å²) in [7, 11) is 0. The van der Waals surface area contributed by atoms with E-state index in [1.165, 1.54) is 0 Å². The van der Waals surface area contributed by atoms with Crippen molar-refractivity contribution in [3.63, 3.8) is 0 Å². The van der Waals surface area contributed by atoms with Crippen LogP contribution in [-0.2, 0) is 0 Å². The molecule has 0 spiro atoms. The van der Waals surface area contributed by atoms with E-state index in [1.54, 1.807) is 0 Å². The standard InChI is InChI=1S/C12H17ClN2O/c13-11-3-1-2-10(8-11)12(9-16)15-6-4-14-5-7-15/h1-3,8,12,14,16H,4-7,9H2. The van der Waals surface area contributed by atoms with Gasteiger partial charge in [0.25, 0.3) is 0 Å². The highest BCUT2D eigenvalue weighted by molar-refractivity contribution is 6.30. The van der Waals surface area contributed by atoms with Crippen LogP contribution in [0.2, 0.25) is 5.02 Å². The number of aliphatic hydroxyl groups is 1. The first-order chi connectivity index (χ1) is 7.81. The van der Waals surface area contributed by atoms with E-state index in [4.69, 9.17) is 11.6 Å². The van der Waals surface area contributed by atoms with Crippen molar-refractivity contribution >= 4 is 11.6 Å². The Kier molecular flexibility index (Phi) is 4.18. The summed E-state index contributed by atoms with van der Waals surface area (Å²) in [6, 6.07) is 7.82. The van der Waals surface area contributed by atoms with Gasteiger partial charge in [0.15, 0.2) is 0 Å². The lowest BCUT2D eigenvalue weighted by atomic mass is 10.1. The van der Waals surface area contributed by atoms with Crippen LogP contribution in [0, 0.1) is 0 Å². The molecule has 2 N–H and O–H groups in total. The van der Waals surface area contributed by atoms with E-state index in [-0.39, 0.29) is 12.6 Å². The maximum atomic E-state index is 9.52. The Hall–Kier alpha value is -0.610. The number of aliphatic hydroxyl groups excluding tert-OH is 1. The molecule has 0 saturated carbocycles. The fourth-order valence-corrected chi connectivity index (χ4v) is 2.34. The van der Waals surface area contributed by atoms with Crippen molar-refractivity contribution in [1.82, 2.24) is 10.2 Å². The molecule has 1 saturated heterocycles. The number of nitrogens with one attached hydrogen (secondary N) is 1. The van der Waals surface area contributed by atoms with Gasteiger partial charge in [0.1, 0.15) is 0 Å². The Morgan fingerprint density at radius 2 is 2.12 bits per heavy atom. The first-order valence-electron chi connectivity index (χ1n) is 5.62. The van der Waals surface area contributed by atoms with Crippen molar-refractivity contribution in [2.45, 2.75) is 6.04 Å². The van der Waals surface area contributed by atoms with Gasteiger partial charge < -0.3 is 10.4 Å². The van der Waals surface area contributed by atoms with E-state index in [1.807, 2.05) is 24.3 Å². The lowest BCUT2D eigenvalue weighted by molar-refractivity contribution is 0.111. The minimum atomic E-state index is 0.0702. The Bertz CT molecular complexity index is 340. The van der Waals surface area contributed by atoms with Crippen LogP contribution in [0.15, 0.2) is 24.3 Å². The molecule has 1 aromatic carbocycles. The van der Waals surface area contributed by atoms with E-state index in [0.717, 1.165) is 36.8 Å². The Morgan fingerprint density at radius 3 is 2.75 bits per heavy atom. The van der Waals surface area contributed by atoms with Crippen LogP contribution in [0.1, 0.15) is 11.6 Å². The third-order valence-corrected chi connectivity index (χ3v) is 3.23. The zero-order valence-corrected chi connectivity index (χ0v) is 9.95. The van der Waals surface area contributed by atoms with E-state index < -0.39 is 0 Å². The highest BCUT2D eigenvalue weighted by atomic mass is 35.5. The predicted octanol–water partition coefficient (Wildman–Crippen LogP) is 1.28. The van der Waals surface area contributed by atoms with Crippen LogP contribution < -0.4 is 5.32 Å². The molecule has 1 aliphatic heterocycles. The summed E-state index contributed by atoms with van der Waals surface area (Å²) in [5, 5.41) is 13.6. The van der Waals surface area contributed by atoms with Gasteiger partial charge in [-0.2, -0.15) is 0 Å². The maximum Gasteiger partial charge on any atom is 0.0628 e. The van der Waals surface area contributed by atoms with Gasteiger partial charge in [-0.3, -0.25) is 4.90 Å². The number of piperazine rings is 1. The molecule has 0 aromatic heterocycles. The SMILES string of the molecule is OCC(c1cccc(Cl)c1)N1CCNCC1. The topological polar surface area (TPSA) is 35.5 Å². The number of halogens is 1. The number of rotatable bonds is 3. The predicted molar refractivity (Wildman–Crippen MR) is 65.7 cm³/mol. The molecule has 16 heavy (non-hydrogen) atoms. The first-order valence-corrected chi connectivity index (χ1v) is 6.00. The average molecular weight is 241 g/mol. The highest BCUT2D eigenvalue weighted by Gasteiger charge is 2.21. The van der Waals surface area contributed by atoms with E-state index >= 15 is 0 Å². The van der Waals surface area contributed by atoms with Crippen LogP contribution in [0.25, 0.3) is 0 Å². The molecule has 1 heterocycles. The molecule has 1 fully saturated rings. The van der Waals surface area contributed by atoms with Crippen LogP contribution in [0.5, 0.6) is 0 Å². The second-order valence-corrected chi connectivity index (χ2v) is 4.48. The summed E-state index contributed by atoms with van der Waals surface area (Å²) < 4.78 is 0. The van der Waals surface area contributed by atoms with Crippen LogP contribution in [0.3, 0.4) is 0 Å². The molecule has 0 amide bonds. The molecule has 0 bridgehead atoms. The monoisotopic (exact) mass is 240 g/mol. The summed E-state index contributed by atoms with van der Waals surface area (Å²) >= 11 is 5.97. The van der Waals surface area contributed by atoms with Gasteiger partial charge in [-0.1, -0.05) is 23.7 Å². The molecule has 0 aliphatic carbocycles. The highest BCUT2D eigenvalue weighted by Crippen LogP contribution is 2.23. The molecule has 1 aromatic rings. The second kappa shape index (κ2) is 5.64. The molecule has 0 radical (unpaired) electrons. The van der Waals surface area contributed by atoms with Gasteiger partial charge in [0.05, 0.1) is 12.6 Å². The average Bonchev–Trinajstić information content (AvgIpc) is 2.31. The second-order valence-electron chi connectivity index (χ2n) is 4.04. The van der Waals surface area contributed by atoms with Crippen molar-refractivity contribution in [2.75, 3.05) is 32.8 Å². The summed E-state index contributed by atoms with van der Waals surface area (Å²) in [4.78, 5) is 2.29.